The van der Waals surface area contributed by atoms with Crippen molar-refractivity contribution in [1.29, 1.82) is 0 Å². The molecule has 5 heteroatoms. The molecule has 0 amide bonds. The minimum Gasteiger partial charge on any atom is -0.421 e. The smallest absolute Gasteiger partial charge is 0.408 e. The Bertz CT molecular complexity index is 539. The van der Waals surface area contributed by atoms with Gasteiger partial charge < -0.3 is 9.42 Å². The van der Waals surface area contributed by atoms with Gasteiger partial charge in [0.15, 0.2) is 0 Å². The van der Waals surface area contributed by atoms with Crippen molar-refractivity contribution in [3.8, 4) is 5.75 Å². The molecule has 1 atom stereocenters. The Morgan fingerprint density at radius 2 is 1.59 bits per heavy atom. The van der Waals surface area contributed by atoms with Crippen LogP contribution in [0.1, 0.15) is 0 Å². The van der Waals surface area contributed by atoms with Crippen LogP contribution in [0.5, 0.6) is 5.75 Å². The van der Waals surface area contributed by atoms with E-state index in [4.69, 9.17) is 16.1 Å². The van der Waals surface area contributed by atoms with Crippen LogP contribution in [0.2, 0.25) is 5.02 Å². The van der Waals surface area contributed by atoms with Crippen molar-refractivity contribution < 1.29 is 14.0 Å². The molecule has 0 spiro atoms. The highest BCUT2D eigenvalue weighted by molar-refractivity contribution is 7.61. The predicted octanol–water partition coefficient (Wildman–Crippen LogP) is 3.23. The van der Waals surface area contributed by atoms with Gasteiger partial charge >= 0.3 is 7.60 Å². The quantitative estimate of drug-likeness (QED) is 0.870. The Labute approximate surface area is 104 Å². The minimum atomic E-state index is -3.82. The maximum absolute atomic E-state index is 12.0. The van der Waals surface area contributed by atoms with Crippen LogP contribution in [0.4, 0.5) is 0 Å². The molecular formula is C12H10ClO3P. The molecule has 1 N–H and O–H groups in total. The zero-order chi connectivity index (χ0) is 12.3. The van der Waals surface area contributed by atoms with E-state index in [0.29, 0.717) is 10.8 Å². The van der Waals surface area contributed by atoms with E-state index in [2.05, 4.69) is 0 Å². The molecule has 2 rings (SSSR count). The van der Waals surface area contributed by atoms with Gasteiger partial charge in [0.25, 0.3) is 0 Å². The second-order valence-corrected chi connectivity index (χ2v) is 5.58. The van der Waals surface area contributed by atoms with E-state index in [9.17, 15) is 9.46 Å². The molecule has 0 bridgehead atoms. The van der Waals surface area contributed by atoms with E-state index in [1.807, 2.05) is 0 Å². The van der Waals surface area contributed by atoms with Gasteiger partial charge in [0.1, 0.15) is 5.75 Å². The lowest BCUT2D eigenvalue weighted by Gasteiger charge is -2.13. The van der Waals surface area contributed by atoms with Crippen LogP contribution >= 0.6 is 19.2 Å². The number of halogens is 1. The van der Waals surface area contributed by atoms with Crippen LogP contribution in [-0.2, 0) is 4.57 Å². The van der Waals surface area contributed by atoms with E-state index in [1.165, 1.54) is 0 Å². The summed E-state index contributed by atoms with van der Waals surface area (Å²) in [6.45, 7) is 0. The third kappa shape index (κ3) is 3.10. The molecule has 0 fully saturated rings. The summed E-state index contributed by atoms with van der Waals surface area (Å²) >= 11 is 5.71. The molecule has 2 aromatic rings. The first-order valence-corrected chi connectivity index (χ1v) is 6.87. The van der Waals surface area contributed by atoms with Crippen LogP contribution in [0.15, 0.2) is 54.6 Å². The van der Waals surface area contributed by atoms with Crippen molar-refractivity contribution >= 4 is 24.5 Å². The third-order valence-electron chi connectivity index (χ3n) is 2.13. The van der Waals surface area contributed by atoms with Gasteiger partial charge in [-0.25, -0.2) is 4.57 Å². The van der Waals surface area contributed by atoms with Crippen LogP contribution in [0.25, 0.3) is 0 Å². The lowest BCUT2D eigenvalue weighted by atomic mass is 10.3. The van der Waals surface area contributed by atoms with Crippen molar-refractivity contribution in [2.75, 3.05) is 0 Å². The molecule has 17 heavy (non-hydrogen) atoms. The second-order valence-electron chi connectivity index (χ2n) is 3.40. The van der Waals surface area contributed by atoms with E-state index in [1.54, 1.807) is 54.6 Å². The van der Waals surface area contributed by atoms with E-state index < -0.39 is 7.60 Å². The highest BCUT2D eigenvalue weighted by Gasteiger charge is 2.23. The lowest BCUT2D eigenvalue weighted by Crippen LogP contribution is -2.08. The fraction of sp³-hybridized carbons (Fsp3) is 0. The molecule has 3 nitrogen and oxygen atoms in total. The summed E-state index contributed by atoms with van der Waals surface area (Å²) in [6, 6.07) is 14.5. The fourth-order valence-electron chi connectivity index (χ4n) is 1.31. The summed E-state index contributed by atoms with van der Waals surface area (Å²) in [4.78, 5) is 9.81. The molecule has 0 aliphatic heterocycles. The van der Waals surface area contributed by atoms with Crippen molar-refractivity contribution in [3.63, 3.8) is 0 Å². The Balaban J connectivity index is 2.23. The molecule has 0 aliphatic carbocycles. The molecule has 2 aromatic carbocycles. The topological polar surface area (TPSA) is 46.5 Å². The first-order valence-electron chi connectivity index (χ1n) is 4.91. The zero-order valence-electron chi connectivity index (χ0n) is 8.79. The van der Waals surface area contributed by atoms with Gasteiger partial charge in [0, 0.05) is 5.02 Å². The Hall–Kier alpha value is -1.28. The first kappa shape index (κ1) is 12.2. The first-order chi connectivity index (χ1) is 8.08. The predicted molar refractivity (Wildman–Crippen MR) is 68.0 cm³/mol. The van der Waals surface area contributed by atoms with Crippen molar-refractivity contribution in [2.24, 2.45) is 0 Å². The molecule has 88 valence electrons. The molecule has 0 saturated heterocycles. The van der Waals surface area contributed by atoms with Crippen LogP contribution in [-0.4, -0.2) is 4.89 Å². The van der Waals surface area contributed by atoms with Crippen molar-refractivity contribution in [2.45, 2.75) is 0 Å². The third-order valence-corrected chi connectivity index (χ3v) is 3.79. The summed E-state index contributed by atoms with van der Waals surface area (Å²) in [5, 5.41) is 0.805. The van der Waals surface area contributed by atoms with E-state index in [0.717, 1.165) is 0 Å². The van der Waals surface area contributed by atoms with E-state index >= 15 is 0 Å². The summed E-state index contributed by atoms with van der Waals surface area (Å²) in [7, 11) is -3.82. The van der Waals surface area contributed by atoms with Crippen LogP contribution in [0.3, 0.4) is 0 Å². The van der Waals surface area contributed by atoms with Gasteiger partial charge in [-0.1, -0.05) is 29.8 Å². The minimum absolute atomic E-state index is 0.259. The van der Waals surface area contributed by atoms with Crippen LogP contribution < -0.4 is 9.83 Å². The number of benzene rings is 2. The summed E-state index contributed by atoms with van der Waals surface area (Å²) in [5.41, 5.74) is 0. The summed E-state index contributed by atoms with van der Waals surface area (Å²) in [5.74, 6) is 0.309. The normalized spacial score (nSPS) is 14.0. The average molecular weight is 269 g/mol. The fourth-order valence-corrected chi connectivity index (χ4v) is 2.50. The van der Waals surface area contributed by atoms with Gasteiger partial charge in [-0.3, -0.25) is 0 Å². The molecule has 0 radical (unpaired) electrons. The monoisotopic (exact) mass is 268 g/mol. The highest BCUT2D eigenvalue weighted by Crippen LogP contribution is 2.41. The van der Waals surface area contributed by atoms with Gasteiger partial charge in [-0.15, -0.1) is 0 Å². The highest BCUT2D eigenvalue weighted by atomic mass is 35.5. The summed E-state index contributed by atoms with van der Waals surface area (Å²) < 4.78 is 17.1. The SMILES string of the molecule is O=P(O)(Oc1ccc(Cl)cc1)c1ccccc1. The molecule has 1 unspecified atom stereocenters. The Morgan fingerprint density at radius 3 is 2.18 bits per heavy atom. The molecule has 0 heterocycles. The molecule has 0 saturated carbocycles. The van der Waals surface area contributed by atoms with Crippen LogP contribution in [0, 0.1) is 0 Å². The number of hydrogen-bond donors (Lipinski definition) is 1. The number of rotatable bonds is 3. The standard InChI is InChI=1S/C12H10ClO3P/c13-10-6-8-11(9-7-10)16-17(14,15)12-4-2-1-3-5-12/h1-9H,(H,14,15). The molecule has 0 aliphatic rings. The maximum atomic E-state index is 12.0. The lowest BCUT2D eigenvalue weighted by molar-refractivity contribution is 0.393. The zero-order valence-corrected chi connectivity index (χ0v) is 10.4. The second kappa shape index (κ2) is 4.92. The van der Waals surface area contributed by atoms with Gasteiger partial charge in [0.2, 0.25) is 0 Å². The average Bonchev–Trinajstić information content (AvgIpc) is 2.33. The van der Waals surface area contributed by atoms with E-state index in [-0.39, 0.29) is 5.30 Å². The largest absolute Gasteiger partial charge is 0.421 e. The number of hydrogen-bond acceptors (Lipinski definition) is 2. The Morgan fingerprint density at radius 1 is 1.00 bits per heavy atom. The Kier molecular flexibility index (Phi) is 3.53. The molecular weight excluding hydrogens is 259 g/mol. The van der Waals surface area contributed by atoms with Crippen molar-refractivity contribution in [1.82, 2.24) is 0 Å². The van der Waals surface area contributed by atoms with Gasteiger partial charge in [-0.2, -0.15) is 0 Å². The maximum Gasteiger partial charge on any atom is 0.408 e. The molecule has 0 aromatic heterocycles. The summed E-state index contributed by atoms with van der Waals surface area (Å²) in [6.07, 6.45) is 0. The van der Waals surface area contributed by atoms with Crippen molar-refractivity contribution in [3.05, 3.63) is 59.6 Å². The van der Waals surface area contributed by atoms with Gasteiger partial charge in [-0.05, 0) is 36.4 Å². The van der Waals surface area contributed by atoms with Gasteiger partial charge in [0.05, 0.1) is 5.30 Å².